The van der Waals surface area contributed by atoms with E-state index in [1.165, 1.54) is 0 Å². The van der Waals surface area contributed by atoms with Crippen LogP contribution in [0.4, 0.5) is 0 Å². The van der Waals surface area contributed by atoms with Crippen molar-refractivity contribution in [2.75, 3.05) is 0 Å². The van der Waals surface area contributed by atoms with Gasteiger partial charge in [0.2, 0.25) is 0 Å². The molecule has 0 aliphatic carbocycles. The molecule has 0 heterocycles. The average molecular weight is 628 g/mol. The van der Waals surface area contributed by atoms with Gasteiger partial charge < -0.3 is 59.4 Å². The van der Waals surface area contributed by atoms with Gasteiger partial charge in [0, 0.05) is 0 Å². The molecule has 0 bridgehead atoms. The Morgan fingerprint density at radius 2 is 0.586 bits per heavy atom. The van der Waals surface area contributed by atoms with Gasteiger partial charge in [-0.1, -0.05) is 0 Å². The molecule has 12 nitrogen and oxygen atoms in total. The predicted molar refractivity (Wildman–Crippen MR) is 82.8 cm³/mol. The maximum atomic E-state index is 9.76. The van der Waals surface area contributed by atoms with Crippen LogP contribution >= 0.6 is 0 Å². The minimum Gasteiger partial charge on any atom is -0.545 e. The van der Waals surface area contributed by atoms with Crippen LogP contribution in [0.5, 0.6) is 0 Å². The summed E-state index contributed by atoms with van der Waals surface area (Å²) in [5, 5.41) is 58.2. The Hall–Kier alpha value is -2.32. The van der Waals surface area contributed by atoms with E-state index in [1.54, 1.807) is 0 Å². The SMILES string of the molecule is C/C(=C/C(=O)[O-])C(=O)[O-].C/C(=C/C(=O)[O-])C(=O)[O-].C/C(=C/C(=O)[O-])C(=O)[O-].[Sb+3].[Sb+3]. The van der Waals surface area contributed by atoms with E-state index in [2.05, 4.69) is 0 Å². The summed E-state index contributed by atoms with van der Waals surface area (Å²) < 4.78 is 0. The second-order valence-electron chi connectivity index (χ2n) is 4.30. The summed E-state index contributed by atoms with van der Waals surface area (Å²) >= 11 is 0. The van der Waals surface area contributed by atoms with E-state index in [9.17, 15) is 59.4 Å². The van der Waals surface area contributed by atoms with Crippen molar-refractivity contribution >= 4 is 84.7 Å². The molecule has 0 amide bonds. The molecule has 4 radical (unpaired) electrons. The molecule has 0 fully saturated rings. The molecule has 0 aromatic rings. The minimum absolute atomic E-state index is 0. The predicted octanol–water partition coefficient (Wildman–Crippen LogP) is -8.46. The van der Waals surface area contributed by atoms with Gasteiger partial charge in [0.1, 0.15) is 0 Å². The molecule has 0 unspecified atom stereocenters. The van der Waals surface area contributed by atoms with Crippen LogP contribution in [0.15, 0.2) is 34.9 Å². The Morgan fingerprint density at radius 1 is 0.448 bits per heavy atom. The van der Waals surface area contributed by atoms with Crippen molar-refractivity contribution in [2.24, 2.45) is 0 Å². The van der Waals surface area contributed by atoms with Crippen molar-refractivity contribution in [1.29, 1.82) is 0 Å². The monoisotopic (exact) mass is 626 g/mol. The zero-order chi connectivity index (χ0) is 22.3. The molecule has 0 rings (SSSR count). The number of carboxylic acids is 6. The van der Waals surface area contributed by atoms with Crippen molar-refractivity contribution < 1.29 is 59.4 Å². The van der Waals surface area contributed by atoms with Crippen molar-refractivity contribution in [3.05, 3.63) is 34.9 Å². The van der Waals surface area contributed by atoms with E-state index in [0.29, 0.717) is 18.2 Å². The third-order valence-corrected chi connectivity index (χ3v) is 1.97. The first-order chi connectivity index (χ1) is 12.1. The molecule has 0 saturated heterocycles. The first kappa shape index (κ1) is 37.4. The molecule has 0 spiro atoms. The van der Waals surface area contributed by atoms with Gasteiger partial charge in [-0.25, -0.2) is 0 Å². The summed E-state index contributed by atoms with van der Waals surface area (Å²) in [6.07, 6.45) is 1.40. The van der Waals surface area contributed by atoms with Gasteiger partial charge in [0.15, 0.2) is 0 Å². The summed E-state index contributed by atoms with van der Waals surface area (Å²) in [6.45, 7) is 3.35. The molecular weight excluding hydrogens is 616 g/mol. The molecule has 0 aromatic heterocycles. The maximum Gasteiger partial charge on any atom is 3.00 e. The fourth-order valence-electron chi connectivity index (χ4n) is 0.707. The van der Waals surface area contributed by atoms with E-state index in [-0.39, 0.29) is 65.6 Å². The van der Waals surface area contributed by atoms with Gasteiger partial charge in [-0.3, -0.25) is 0 Å². The number of aliphatic carboxylic acids is 6. The van der Waals surface area contributed by atoms with Crippen LogP contribution < -0.4 is 30.6 Å². The molecular formula is C15H12O12Sb2. The topological polar surface area (TPSA) is 241 Å². The van der Waals surface area contributed by atoms with E-state index in [4.69, 9.17) is 0 Å². The van der Waals surface area contributed by atoms with Crippen molar-refractivity contribution in [2.45, 2.75) is 20.8 Å². The van der Waals surface area contributed by atoms with Crippen LogP contribution in [0.1, 0.15) is 20.8 Å². The van der Waals surface area contributed by atoms with Crippen LogP contribution in [0.2, 0.25) is 0 Å². The molecule has 0 saturated carbocycles. The third kappa shape index (κ3) is 30.6. The molecule has 154 valence electrons. The molecule has 29 heavy (non-hydrogen) atoms. The molecule has 0 aliphatic heterocycles. The van der Waals surface area contributed by atoms with E-state index in [0.717, 1.165) is 20.8 Å². The van der Waals surface area contributed by atoms with Crippen LogP contribution in [-0.4, -0.2) is 84.7 Å². The van der Waals surface area contributed by atoms with E-state index >= 15 is 0 Å². The van der Waals surface area contributed by atoms with Crippen molar-refractivity contribution in [3.63, 3.8) is 0 Å². The average Bonchev–Trinajstić information content (AvgIpc) is 2.46. The number of hydrogen-bond donors (Lipinski definition) is 0. The fourth-order valence-corrected chi connectivity index (χ4v) is 0.707. The quantitative estimate of drug-likeness (QED) is 0.197. The van der Waals surface area contributed by atoms with Gasteiger partial charge in [0.05, 0.1) is 35.8 Å². The minimum atomic E-state index is -1.53. The zero-order valence-electron chi connectivity index (χ0n) is 15.0. The largest absolute Gasteiger partial charge is 3.00 e. The molecule has 14 heteroatoms. The molecule has 0 N–H and O–H groups in total. The van der Waals surface area contributed by atoms with Crippen molar-refractivity contribution in [1.82, 2.24) is 0 Å². The normalized spacial score (nSPS) is 10.2. The van der Waals surface area contributed by atoms with Crippen molar-refractivity contribution in [3.8, 4) is 0 Å². The Morgan fingerprint density at radius 3 is 0.621 bits per heavy atom. The summed E-state index contributed by atoms with van der Waals surface area (Å²) in [5.74, 6) is -9.09. The van der Waals surface area contributed by atoms with Crippen LogP contribution in [-0.2, 0) is 28.8 Å². The number of carbonyl (C=O) groups is 6. The van der Waals surface area contributed by atoms with E-state index < -0.39 is 35.8 Å². The molecule has 0 atom stereocenters. The number of carboxylic acid groups (broad SMARTS) is 6. The van der Waals surface area contributed by atoms with E-state index in [1.807, 2.05) is 0 Å². The Kier molecular flexibility index (Phi) is 26.3. The first-order valence-corrected chi connectivity index (χ1v) is 6.43. The van der Waals surface area contributed by atoms with Gasteiger partial charge in [0.25, 0.3) is 0 Å². The Bertz CT molecular complexity index is 609. The fraction of sp³-hybridized carbons (Fsp3) is 0.200. The number of hydrogen-bond acceptors (Lipinski definition) is 12. The van der Waals surface area contributed by atoms with Gasteiger partial charge in [-0.05, 0) is 55.7 Å². The summed E-state index contributed by atoms with van der Waals surface area (Å²) in [7, 11) is 0. The number of carbonyl (C=O) groups excluding carboxylic acids is 6. The van der Waals surface area contributed by atoms with Crippen LogP contribution in [0.25, 0.3) is 0 Å². The summed E-state index contributed by atoms with van der Waals surface area (Å²) in [4.78, 5) is 58.2. The molecule has 0 aromatic carbocycles. The maximum absolute atomic E-state index is 9.76. The van der Waals surface area contributed by atoms with Crippen LogP contribution in [0.3, 0.4) is 0 Å². The standard InChI is InChI=1S/3C5H6O4.2Sb/c3*1-3(5(8)9)2-4(6)7;;/h3*2H,1H3,(H,6,7)(H,8,9);;/q;;;2*+3/p-6/b3*3-2-;;. The zero-order valence-corrected chi connectivity index (χ0v) is 20.1. The Labute approximate surface area is 199 Å². The van der Waals surface area contributed by atoms with Crippen LogP contribution in [0, 0.1) is 0 Å². The smallest absolute Gasteiger partial charge is 0.545 e. The Balaban J connectivity index is -0.0000000960. The summed E-state index contributed by atoms with van der Waals surface area (Å²) in [5.41, 5.74) is -1.06. The first-order valence-electron chi connectivity index (χ1n) is 6.43. The number of rotatable bonds is 6. The molecule has 0 aliphatic rings. The van der Waals surface area contributed by atoms with Gasteiger partial charge in [-0.15, -0.1) is 0 Å². The van der Waals surface area contributed by atoms with Gasteiger partial charge >= 0.3 is 48.9 Å². The van der Waals surface area contributed by atoms with Gasteiger partial charge in [-0.2, -0.15) is 0 Å². The third-order valence-electron chi connectivity index (χ3n) is 1.97. The summed E-state index contributed by atoms with van der Waals surface area (Å²) in [6, 6.07) is 0. The second-order valence-corrected chi connectivity index (χ2v) is 4.30. The second kappa shape index (κ2) is 20.4.